The zero-order valence-electron chi connectivity index (χ0n) is 15.7. The number of carbonyl (C=O) groups excluding carboxylic acids is 3. The van der Waals surface area contributed by atoms with E-state index in [-0.39, 0.29) is 11.5 Å². The molecule has 0 saturated heterocycles. The molecule has 1 amide bonds. The molecule has 144 valence electrons. The Kier molecular flexibility index (Phi) is 8.41. The van der Waals surface area contributed by atoms with Crippen LogP contribution in [0.25, 0.3) is 0 Å². The number of esters is 2. The summed E-state index contributed by atoms with van der Waals surface area (Å²) in [6, 6.07) is 3.75. The number of rotatable bonds is 9. The van der Waals surface area contributed by atoms with E-state index < -0.39 is 30.5 Å². The zero-order valence-corrected chi connectivity index (χ0v) is 15.7. The van der Waals surface area contributed by atoms with E-state index in [0.29, 0.717) is 17.9 Å². The van der Waals surface area contributed by atoms with Gasteiger partial charge in [0.05, 0.1) is 26.9 Å². The van der Waals surface area contributed by atoms with Crippen LogP contribution < -0.4 is 14.8 Å². The second-order valence-electron chi connectivity index (χ2n) is 5.63. The molecule has 0 aliphatic carbocycles. The lowest BCUT2D eigenvalue weighted by atomic mass is 9.99. The highest BCUT2D eigenvalue weighted by molar-refractivity contribution is 5.92. The molecular weight excluding hydrogens is 342 g/mol. The summed E-state index contributed by atoms with van der Waals surface area (Å²) in [5.41, 5.74) is 0.181. The van der Waals surface area contributed by atoms with Crippen LogP contribution in [0.4, 0.5) is 0 Å². The van der Waals surface area contributed by atoms with Crippen molar-refractivity contribution in [1.29, 1.82) is 0 Å². The summed E-state index contributed by atoms with van der Waals surface area (Å²) in [6.45, 7) is 3.18. The second kappa shape index (κ2) is 10.3. The molecule has 1 N–H and O–H groups in total. The van der Waals surface area contributed by atoms with E-state index in [9.17, 15) is 14.4 Å². The largest absolute Gasteiger partial charge is 0.497 e. The van der Waals surface area contributed by atoms with Crippen LogP contribution in [-0.2, 0) is 19.1 Å². The number of methoxy groups -OCH3 is 3. The van der Waals surface area contributed by atoms with Crippen LogP contribution in [-0.4, -0.2) is 51.8 Å². The first kappa shape index (κ1) is 21.3. The molecule has 0 aromatic heterocycles. The number of benzene rings is 1. The van der Waals surface area contributed by atoms with Gasteiger partial charge in [-0.25, -0.2) is 9.59 Å². The summed E-state index contributed by atoms with van der Waals surface area (Å²) in [5, 5.41) is 2.53. The van der Waals surface area contributed by atoms with Gasteiger partial charge in [-0.3, -0.25) is 4.79 Å². The first-order valence-electron chi connectivity index (χ1n) is 8.13. The lowest BCUT2D eigenvalue weighted by molar-refractivity contribution is -0.147. The van der Waals surface area contributed by atoms with Crippen molar-refractivity contribution in [2.45, 2.75) is 26.3 Å². The predicted molar refractivity (Wildman–Crippen MR) is 93.2 cm³/mol. The molecule has 0 aliphatic heterocycles. The van der Waals surface area contributed by atoms with Gasteiger partial charge in [0.25, 0.3) is 5.91 Å². The third-order valence-corrected chi connectivity index (χ3v) is 3.91. The fourth-order valence-electron chi connectivity index (χ4n) is 2.15. The molecule has 0 saturated carbocycles. The molecule has 1 aromatic carbocycles. The molecule has 0 unspecified atom stereocenters. The van der Waals surface area contributed by atoms with E-state index in [4.69, 9.17) is 18.9 Å². The highest BCUT2D eigenvalue weighted by atomic mass is 16.5. The fraction of sp³-hybridized carbons (Fsp3) is 0.500. The standard InChI is InChI=1S/C18H25NO7/c1-6-11(2)16(18(22)25-5)19-15(20)10-26-17(21)12-7-13(23-3)9-14(8-12)24-4/h7-9,11,16H,6,10H2,1-5H3,(H,19,20)/t11-,16-/m0/s1. The molecular formula is C18H25NO7. The Morgan fingerprint density at radius 2 is 1.62 bits per heavy atom. The van der Waals surface area contributed by atoms with Crippen molar-refractivity contribution in [2.75, 3.05) is 27.9 Å². The minimum Gasteiger partial charge on any atom is -0.497 e. The number of carbonyl (C=O) groups is 3. The van der Waals surface area contributed by atoms with Gasteiger partial charge >= 0.3 is 11.9 Å². The van der Waals surface area contributed by atoms with Crippen molar-refractivity contribution in [2.24, 2.45) is 5.92 Å². The van der Waals surface area contributed by atoms with Gasteiger partial charge in [0.15, 0.2) is 6.61 Å². The van der Waals surface area contributed by atoms with E-state index in [2.05, 4.69) is 5.32 Å². The third kappa shape index (κ3) is 5.94. The Bertz CT molecular complexity index is 622. The average molecular weight is 367 g/mol. The van der Waals surface area contributed by atoms with Crippen LogP contribution in [0.2, 0.25) is 0 Å². The van der Waals surface area contributed by atoms with Gasteiger partial charge in [0, 0.05) is 6.07 Å². The van der Waals surface area contributed by atoms with Gasteiger partial charge in [0.1, 0.15) is 17.5 Å². The molecule has 2 atom stereocenters. The van der Waals surface area contributed by atoms with Crippen LogP contribution in [0.15, 0.2) is 18.2 Å². The lowest BCUT2D eigenvalue weighted by Gasteiger charge is -2.21. The Balaban J connectivity index is 2.71. The Labute approximate surface area is 152 Å². The van der Waals surface area contributed by atoms with E-state index >= 15 is 0 Å². The topological polar surface area (TPSA) is 100 Å². The lowest BCUT2D eigenvalue weighted by Crippen LogP contribution is -2.47. The molecule has 0 aliphatic rings. The van der Waals surface area contributed by atoms with Crippen molar-refractivity contribution in [3.8, 4) is 11.5 Å². The summed E-state index contributed by atoms with van der Waals surface area (Å²) < 4.78 is 19.9. The van der Waals surface area contributed by atoms with Gasteiger partial charge in [-0.1, -0.05) is 20.3 Å². The van der Waals surface area contributed by atoms with Crippen LogP contribution in [0.1, 0.15) is 30.6 Å². The molecule has 8 nitrogen and oxygen atoms in total. The number of amides is 1. The van der Waals surface area contributed by atoms with Crippen molar-refractivity contribution in [3.63, 3.8) is 0 Å². The van der Waals surface area contributed by atoms with Gasteiger partial charge < -0.3 is 24.3 Å². The smallest absolute Gasteiger partial charge is 0.338 e. The fourth-order valence-corrected chi connectivity index (χ4v) is 2.15. The van der Waals surface area contributed by atoms with Crippen molar-refractivity contribution >= 4 is 17.8 Å². The van der Waals surface area contributed by atoms with Crippen LogP contribution in [0.5, 0.6) is 11.5 Å². The summed E-state index contributed by atoms with van der Waals surface area (Å²) in [4.78, 5) is 36.0. The van der Waals surface area contributed by atoms with Crippen LogP contribution >= 0.6 is 0 Å². The zero-order chi connectivity index (χ0) is 19.7. The molecule has 1 rings (SSSR count). The van der Waals surface area contributed by atoms with E-state index in [0.717, 1.165) is 0 Å². The Hall–Kier alpha value is -2.77. The molecule has 0 fully saturated rings. The molecule has 0 heterocycles. The van der Waals surface area contributed by atoms with Crippen LogP contribution in [0.3, 0.4) is 0 Å². The Morgan fingerprint density at radius 3 is 2.08 bits per heavy atom. The normalized spacial score (nSPS) is 12.5. The number of ether oxygens (including phenoxy) is 4. The van der Waals surface area contributed by atoms with Crippen molar-refractivity contribution in [1.82, 2.24) is 5.32 Å². The van der Waals surface area contributed by atoms with E-state index in [1.807, 2.05) is 13.8 Å². The predicted octanol–water partition coefficient (Wildman–Crippen LogP) is 1.56. The van der Waals surface area contributed by atoms with Crippen molar-refractivity contribution < 1.29 is 33.3 Å². The first-order valence-corrected chi connectivity index (χ1v) is 8.13. The van der Waals surface area contributed by atoms with Gasteiger partial charge in [-0.15, -0.1) is 0 Å². The third-order valence-electron chi connectivity index (χ3n) is 3.91. The SMILES string of the molecule is CC[C@H](C)[C@H](NC(=O)COC(=O)c1cc(OC)cc(OC)c1)C(=O)OC. The maximum Gasteiger partial charge on any atom is 0.338 e. The van der Waals surface area contributed by atoms with Crippen molar-refractivity contribution in [3.05, 3.63) is 23.8 Å². The molecule has 8 heteroatoms. The average Bonchev–Trinajstić information content (AvgIpc) is 2.68. The summed E-state index contributed by atoms with van der Waals surface area (Å²) in [7, 11) is 4.17. The highest BCUT2D eigenvalue weighted by Gasteiger charge is 2.27. The molecule has 0 bridgehead atoms. The van der Waals surface area contributed by atoms with E-state index in [1.54, 1.807) is 6.07 Å². The molecule has 1 aromatic rings. The maximum atomic E-state index is 12.1. The molecule has 26 heavy (non-hydrogen) atoms. The Morgan fingerprint density at radius 1 is 1.04 bits per heavy atom. The maximum absolute atomic E-state index is 12.1. The van der Waals surface area contributed by atoms with Gasteiger partial charge in [-0.05, 0) is 18.1 Å². The number of hydrogen-bond donors (Lipinski definition) is 1. The van der Waals surface area contributed by atoms with E-state index in [1.165, 1.54) is 33.5 Å². The molecule has 0 spiro atoms. The van der Waals surface area contributed by atoms with Gasteiger partial charge in [0.2, 0.25) is 0 Å². The second-order valence-corrected chi connectivity index (χ2v) is 5.63. The minimum atomic E-state index is -0.798. The highest BCUT2D eigenvalue weighted by Crippen LogP contribution is 2.23. The van der Waals surface area contributed by atoms with Crippen LogP contribution in [0, 0.1) is 5.92 Å². The monoisotopic (exact) mass is 367 g/mol. The summed E-state index contributed by atoms with van der Waals surface area (Å²) in [6.07, 6.45) is 0.670. The number of hydrogen-bond acceptors (Lipinski definition) is 7. The number of nitrogens with one attached hydrogen (secondary N) is 1. The van der Waals surface area contributed by atoms with Gasteiger partial charge in [-0.2, -0.15) is 0 Å². The summed E-state index contributed by atoms with van der Waals surface area (Å²) >= 11 is 0. The quantitative estimate of drug-likeness (QED) is 0.661. The minimum absolute atomic E-state index is 0.121. The first-order chi connectivity index (χ1) is 12.4. The summed E-state index contributed by atoms with van der Waals surface area (Å²) in [5.74, 6) is -1.13. The molecule has 0 radical (unpaired) electrons.